The number of pyridine rings is 1. The van der Waals surface area contributed by atoms with Gasteiger partial charge in [-0.3, -0.25) is 4.98 Å². The molecule has 3 heterocycles. The molecule has 2 N–H and O–H groups in total. The van der Waals surface area contributed by atoms with Crippen LogP contribution in [0.1, 0.15) is 50.1 Å². The van der Waals surface area contributed by atoms with Crippen molar-refractivity contribution in [2.45, 2.75) is 46.6 Å². The molecule has 0 radical (unpaired) electrons. The maximum atomic E-state index is 5.05. The van der Waals surface area contributed by atoms with Gasteiger partial charge in [-0.1, -0.05) is 32.4 Å². The number of rotatable bonds is 6. The van der Waals surface area contributed by atoms with Gasteiger partial charge < -0.3 is 10.3 Å². The molecule has 0 bridgehead atoms. The number of aromatic nitrogens is 5. The molecular formula is C22H26N6. The summed E-state index contributed by atoms with van der Waals surface area (Å²) < 4.78 is 0. The minimum atomic E-state index is 0.0543. The van der Waals surface area contributed by atoms with Crippen LogP contribution in [0.4, 0.5) is 5.82 Å². The molecule has 144 valence electrons. The molecule has 28 heavy (non-hydrogen) atoms. The molecule has 0 saturated heterocycles. The number of nitrogens with one attached hydrogen (secondary N) is 2. The van der Waals surface area contributed by atoms with Gasteiger partial charge in [-0.2, -0.15) is 0 Å². The van der Waals surface area contributed by atoms with Crippen molar-refractivity contribution < 1.29 is 0 Å². The van der Waals surface area contributed by atoms with Gasteiger partial charge in [0.25, 0.3) is 0 Å². The molecule has 0 unspecified atom stereocenters. The largest absolute Gasteiger partial charge is 0.362 e. The van der Waals surface area contributed by atoms with Gasteiger partial charge in [-0.25, -0.2) is 15.0 Å². The third kappa shape index (κ3) is 3.54. The van der Waals surface area contributed by atoms with Gasteiger partial charge in [0.05, 0.1) is 17.9 Å². The molecule has 0 aliphatic heterocycles. The quantitative estimate of drug-likeness (QED) is 0.498. The lowest BCUT2D eigenvalue weighted by molar-refractivity contribution is 0.549. The minimum Gasteiger partial charge on any atom is -0.362 e. The lowest BCUT2D eigenvalue weighted by Gasteiger charge is -2.20. The van der Waals surface area contributed by atoms with E-state index in [1.54, 1.807) is 12.7 Å². The number of imidazole rings is 1. The van der Waals surface area contributed by atoms with Gasteiger partial charge in [0, 0.05) is 11.1 Å². The van der Waals surface area contributed by atoms with Crippen LogP contribution in [-0.4, -0.2) is 24.9 Å². The number of anilines is 1. The predicted molar refractivity (Wildman–Crippen MR) is 113 cm³/mol. The lowest BCUT2D eigenvalue weighted by Crippen LogP contribution is -2.14. The molecule has 3 aromatic heterocycles. The fraction of sp³-hybridized carbons (Fsp3) is 0.364. The number of benzene rings is 1. The van der Waals surface area contributed by atoms with Crippen LogP contribution in [0.3, 0.4) is 0 Å². The molecule has 0 amide bonds. The average Bonchev–Trinajstić information content (AvgIpc) is 3.17. The summed E-state index contributed by atoms with van der Waals surface area (Å²) in [5, 5.41) is 4.70. The summed E-state index contributed by atoms with van der Waals surface area (Å²) in [6, 6.07) is 8.77. The molecule has 1 aromatic carbocycles. The van der Waals surface area contributed by atoms with Crippen molar-refractivity contribution in [2.75, 3.05) is 5.32 Å². The standard InChI is InChI=1S/C22H26N6/c1-5-13(2)8-19-17(10-16-7-6-14(3)9-18(16)28-19)15(4)27-22-20-21(24-11-23-20)25-12-26-22/h6-7,9-13,15H,5,8H2,1-4H3,(H2,23,24,25,26,27)/t13-,15+/m1/s1. The highest BCUT2D eigenvalue weighted by atomic mass is 15.1. The highest BCUT2D eigenvalue weighted by molar-refractivity contribution is 5.83. The van der Waals surface area contributed by atoms with Crippen LogP contribution >= 0.6 is 0 Å². The first kappa shape index (κ1) is 18.3. The van der Waals surface area contributed by atoms with Gasteiger partial charge >= 0.3 is 0 Å². The summed E-state index contributed by atoms with van der Waals surface area (Å²) in [6.45, 7) is 8.77. The Morgan fingerprint density at radius 2 is 1.96 bits per heavy atom. The van der Waals surface area contributed by atoms with Gasteiger partial charge in [0.15, 0.2) is 11.5 Å². The number of nitrogens with zero attached hydrogens (tertiary/aromatic N) is 4. The average molecular weight is 374 g/mol. The Kier molecular flexibility index (Phi) is 4.94. The third-order valence-electron chi connectivity index (χ3n) is 5.37. The van der Waals surface area contributed by atoms with Crippen LogP contribution in [-0.2, 0) is 6.42 Å². The Morgan fingerprint density at radius 3 is 2.79 bits per heavy atom. The second kappa shape index (κ2) is 7.54. The minimum absolute atomic E-state index is 0.0543. The highest BCUT2D eigenvalue weighted by Crippen LogP contribution is 2.28. The molecule has 6 nitrogen and oxygen atoms in total. The molecule has 2 atom stereocenters. The van der Waals surface area contributed by atoms with E-state index in [-0.39, 0.29) is 6.04 Å². The van der Waals surface area contributed by atoms with Crippen LogP contribution in [0.2, 0.25) is 0 Å². The Morgan fingerprint density at radius 1 is 1.11 bits per heavy atom. The zero-order valence-corrected chi connectivity index (χ0v) is 16.8. The lowest BCUT2D eigenvalue weighted by atomic mass is 9.95. The van der Waals surface area contributed by atoms with E-state index in [1.165, 1.54) is 11.1 Å². The van der Waals surface area contributed by atoms with E-state index in [0.717, 1.165) is 40.8 Å². The normalized spacial score (nSPS) is 13.7. The Hall–Kier alpha value is -3.02. The van der Waals surface area contributed by atoms with Gasteiger partial charge in [0.2, 0.25) is 0 Å². The topological polar surface area (TPSA) is 79.4 Å². The van der Waals surface area contributed by atoms with Gasteiger partial charge in [0.1, 0.15) is 11.8 Å². The van der Waals surface area contributed by atoms with Crippen molar-refractivity contribution in [3.05, 3.63) is 53.7 Å². The van der Waals surface area contributed by atoms with E-state index < -0.39 is 0 Å². The van der Waals surface area contributed by atoms with Crippen molar-refractivity contribution in [1.29, 1.82) is 0 Å². The van der Waals surface area contributed by atoms with E-state index in [2.05, 4.69) is 77.2 Å². The van der Waals surface area contributed by atoms with Crippen molar-refractivity contribution in [2.24, 2.45) is 5.92 Å². The number of H-pyrrole nitrogens is 1. The second-order valence-electron chi connectivity index (χ2n) is 7.63. The first-order valence-electron chi connectivity index (χ1n) is 9.86. The summed E-state index contributed by atoms with van der Waals surface area (Å²) in [5.41, 5.74) is 6.15. The molecule has 4 aromatic rings. The summed E-state index contributed by atoms with van der Waals surface area (Å²) in [5.74, 6) is 1.34. The first-order valence-corrected chi connectivity index (χ1v) is 9.86. The molecule has 0 saturated carbocycles. The number of aromatic amines is 1. The maximum Gasteiger partial charge on any atom is 0.182 e. The zero-order chi connectivity index (χ0) is 19.7. The summed E-state index contributed by atoms with van der Waals surface area (Å²) in [6.07, 6.45) is 5.28. The zero-order valence-electron chi connectivity index (χ0n) is 16.8. The monoisotopic (exact) mass is 374 g/mol. The third-order valence-corrected chi connectivity index (χ3v) is 5.37. The van der Waals surface area contributed by atoms with Crippen LogP contribution in [0, 0.1) is 12.8 Å². The van der Waals surface area contributed by atoms with Gasteiger partial charge in [-0.15, -0.1) is 0 Å². The maximum absolute atomic E-state index is 5.05. The molecule has 0 spiro atoms. The summed E-state index contributed by atoms with van der Waals surface area (Å²) >= 11 is 0. The van der Waals surface area contributed by atoms with Crippen molar-refractivity contribution in [3.8, 4) is 0 Å². The SMILES string of the molecule is CC[C@@H](C)Cc1nc2cc(C)ccc2cc1[C@H](C)Nc1ncnc2nc[nH]c12. The summed E-state index contributed by atoms with van der Waals surface area (Å²) in [4.78, 5) is 21.0. The van der Waals surface area contributed by atoms with E-state index >= 15 is 0 Å². The van der Waals surface area contributed by atoms with E-state index in [0.29, 0.717) is 11.6 Å². The van der Waals surface area contributed by atoms with E-state index in [1.807, 2.05) is 0 Å². The highest BCUT2D eigenvalue weighted by Gasteiger charge is 2.17. The number of hydrogen-bond acceptors (Lipinski definition) is 5. The van der Waals surface area contributed by atoms with Crippen molar-refractivity contribution in [1.82, 2.24) is 24.9 Å². The van der Waals surface area contributed by atoms with Crippen LogP contribution in [0.25, 0.3) is 22.1 Å². The van der Waals surface area contributed by atoms with Crippen molar-refractivity contribution in [3.63, 3.8) is 0 Å². The predicted octanol–water partition coefficient (Wildman–Crippen LogP) is 4.97. The number of hydrogen-bond donors (Lipinski definition) is 2. The molecular weight excluding hydrogens is 348 g/mol. The molecule has 0 aliphatic rings. The molecule has 6 heteroatoms. The Labute approximate surface area is 164 Å². The first-order chi connectivity index (χ1) is 13.5. The molecule has 0 fully saturated rings. The summed E-state index contributed by atoms with van der Waals surface area (Å²) in [7, 11) is 0. The Balaban J connectivity index is 1.75. The van der Waals surface area contributed by atoms with E-state index in [9.17, 15) is 0 Å². The Bertz CT molecular complexity index is 1120. The van der Waals surface area contributed by atoms with Crippen LogP contribution < -0.4 is 5.32 Å². The smallest absolute Gasteiger partial charge is 0.182 e. The van der Waals surface area contributed by atoms with Crippen LogP contribution in [0.5, 0.6) is 0 Å². The van der Waals surface area contributed by atoms with Crippen molar-refractivity contribution >= 4 is 27.9 Å². The molecule has 0 aliphatic carbocycles. The fourth-order valence-corrected chi connectivity index (χ4v) is 3.50. The second-order valence-corrected chi connectivity index (χ2v) is 7.63. The molecule has 4 rings (SSSR count). The van der Waals surface area contributed by atoms with Gasteiger partial charge in [-0.05, 0) is 49.4 Å². The van der Waals surface area contributed by atoms with Crippen LogP contribution in [0.15, 0.2) is 36.9 Å². The van der Waals surface area contributed by atoms with E-state index in [4.69, 9.17) is 4.98 Å². The number of aryl methyl sites for hydroxylation is 1. The fourth-order valence-electron chi connectivity index (χ4n) is 3.50. The number of fused-ring (bicyclic) bond motifs is 2.